The molecule has 2 rings (SSSR count). The van der Waals surface area contributed by atoms with Crippen molar-refractivity contribution in [1.82, 2.24) is 10.0 Å². The molecule has 0 atom stereocenters. The fraction of sp³-hybridized carbons (Fsp3) is 0.278. The Morgan fingerprint density at radius 3 is 2.42 bits per heavy atom. The van der Waals surface area contributed by atoms with Crippen LogP contribution in [-0.2, 0) is 22.3 Å². The van der Waals surface area contributed by atoms with Crippen LogP contribution in [0.15, 0.2) is 48.5 Å². The molecule has 0 aliphatic rings. The van der Waals surface area contributed by atoms with E-state index in [1.54, 1.807) is 62.4 Å². The van der Waals surface area contributed by atoms with Crippen molar-refractivity contribution in [2.24, 2.45) is 0 Å². The number of hydrogen-bond donors (Lipinski definition) is 3. The van der Waals surface area contributed by atoms with Crippen LogP contribution in [0.5, 0.6) is 0 Å². The highest BCUT2D eigenvalue weighted by molar-refractivity contribution is 7.88. The van der Waals surface area contributed by atoms with E-state index >= 15 is 0 Å². The molecule has 0 radical (unpaired) electrons. The summed E-state index contributed by atoms with van der Waals surface area (Å²) in [5.74, 6) is -0.140. The number of rotatable bonds is 7. The van der Waals surface area contributed by atoms with E-state index in [2.05, 4.69) is 15.4 Å². The molecule has 0 bridgehead atoms. The maximum Gasteiger partial charge on any atom is 0.319 e. The second-order valence-electron chi connectivity index (χ2n) is 6.12. The summed E-state index contributed by atoms with van der Waals surface area (Å²) in [6, 6.07) is 13.4. The SMILES string of the molecule is CC(C)NS(=O)(=O)Cc1ccccc1CNC(=O)Nc1cccc(Cl)c1. The van der Waals surface area contributed by atoms with Crippen LogP contribution in [0.25, 0.3) is 0 Å². The molecule has 0 spiro atoms. The molecule has 0 aliphatic carbocycles. The lowest BCUT2D eigenvalue weighted by Crippen LogP contribution is -2.32. The zero-order chi connectivity index (χ0) is 19.2. The van der Waals surface area contributed by atoms with Gasteiger partial charge in [-0.2, -0.15) is 0 Å². The summed E-state index contributed by atoms with van der Waals surface area (Å²) in [4.78, 5) is 12.0. The Hall–Kier alpha value is -2.09. The molecule has 8 heteroatoms. The molecule has 2 amide bonds. The lowest BCUT2D eigenvalue weighted by Gasteiger charge is -2.13. The van der Waals surface area contributed by atoms with Crippen molar-refractivity contribution in [3.63, 3.8) is 0 Å². The number of urea groups is 1. The van der Waals surface area contributed by atoms with Crippen molar-refractivity contribution >= 4 is 33.3 Å². The Kier molecular flexibility index (Phi) is 7.02. The first-order chi connectivity index (χ1) is 12.2. The summed E-state index contributed by atoms with van der Waals surface area (Å²) < 4.78 is 26.9. The third-order valence-corrected chi connectivity index (χ3v) is 5.16. The number of benzene rings is 2. The van der Waals surface area contributed by atoms with Crippen molar-refractivity contribution in [3.05, 3.63) is 64.7 Å². The molecule has 2 aromatic carbocycles. The van der Waals surface area contributed by atoms with Crippen LogP contribution in [0.3, 0.4) is 0 Å². The van der Waals surface area contributed by atoms with E-state index in [0.29, 0.717) is 16.3 Å². The van der Waals surface area contributed by atoms with Gasteiger partial charge in [-0.05, 0) is 43.2 Å². The number of carbonyl (C=O) groups excluding carboxylic acids is 1. The van der Waals surface area contributed by atoms with E-state index < -0.39 is 16.1 Å². The van der Waals surface area contributed by atoms with Crippen LogP contribution in [0.4, 0.5) is 10.5 Å². The highest BCUT2D eigenvalue weighted by atomic mass is 35.5. The second-order valence-corrected chi connectivity index (χ2v) is 8.31. The molecular weight excluding hydrogens is 374 g/mol. The summed E-state index contributed by atoms with van der Waals surface area (Å²) in [5.41, 5.74) is 1.96. The molecule has 0 unspecified atom stereocenters. The third kappa shape index (κ3) is 6.67. The van der Waals surface area contributed by atoms with Gasteiger partial charge in [0.2, 0.25) is 10.0 Å². The van der Waals surface area contributed by atoms with E-state index in [0.717, 1.165) is 5.56 Å². The first-order valence-corrected chi connectivity index (χ1v) is 10.2. The molecule has 26 heavy (non-hydrogen) atoms. The standard InChI is InChI=1S/C18H22ClN3O3S/c1-13(2)22-26(24,25)12-15-7-4-3-6-14(15)11-20-18(23)21-17-9-5-8-16(19)10-17/h3-10,13,22H,11-12H2,1-2H3,(H2,20,21,23). The minimum Gasteiger partial charge on any atom is -0.334 e. The van der Waals surface area contributed by atoms with E-state index in [1.165, 1.54) is 0 Å². The van der Waals surface area contributed by atoms with Gasteiger partial charge in [-0.3, -0.25) is 0 Å². The summed E-state index contributed by atoms with van der Waals surface area (Å²) in [6.07, 6.45) is 0. The number of hydrogen-bond acceptors (Lipinski definition) is 3. The quantitative estimate of drug-likeness (QED) is 0.670. The number of sulfonamides is 1. The van der Waals surface area contributed by atoms with Crippen LogP contribution < -0.4 is 15.4 Å². The van der Waals surface area contributed by atoms with E-state index in [4.69, 9.17) is 11.6 Å². The van der Waals surface area contributed by atoms with Gasteiger partial charge in [0.05, 0.1) is 5.75 Å². The van der Waals surface area contributed by atoms with E-state index in [-0.39, 0.29) is 18.3 Å². The molecule has 0 heterocycles. The molecule has 2 aromatic rings. The van der Waals surface area contributed by atoms with Gasteiger partial charge in [-0.25, -0.2) is 17.9 Å². The summed E-state index contributed by atoms with van der Waals surface area (Å²) in [6.45, 7) is 3.75. The minimum absolute atomic E-state index is 0.140. The van der Waals surface area contributed by atoms with Crippen molar-refractivity contribution in [3.8, 4) is 0 Å². The predicted molar refractivity (Wildman–Crippen MR) is 105 cm³/mol. The molecule has 0 aliphatic heterocycles. The van der Waals surface area contributed by atoms with Gasteiger partial charge in [-0.15, -0.1) is 0 Å². The molecule has 140 valence electrons. The Morgan fingerprint density at radius 1 is 1.08 bits per heavy atom. The largest absolute Gasteiger partial charge is 0.334 e. The van der Waals surface area contributed by atoms with Crippen molar-refractivity contribution in [2.75, 3.05) is 5.32 Å². The normalized spacial score (nSPS) is 11.4. The third-order valence-electron chi connectivity index (χ3n) is 3.40. The zero-order valence-corrected chi connectivity index (χ0v) is 16.2. The lowest BCUT2D eigenvalue weighted by atomic mass is 10.1. The van der Waals surface area contributed by atoms with Crippen molar-refractivity contribution in [1.29, 1.82) is 0 Å². The fourth-order valence-corrected chi connectivity index (χ4v) is 4.08. The van der Waals surface area contributed by atoms with Gasteiger partial charge >= 0.3 is 6.03 Å². The van der Waals surface area contributed by atoms with Gasteiger partial charge < -0.3 is 10.6 Å². The lowest BCUT2D eigenvalue weighted by molar-refractivity contribution is 0.251. The predicted octanol–water partition coefficient (Wildman–Crippen LogP) is 3.49. The van der Waals surface area contributed by atoms with Crippen molar-refractivity contribution in [2.45, 2.75) is 32.2 Å². The first kappa shape index (κ1) is 20.2. The summed E-state index contributed by atoms with van der Waals surface area (Å²) in [7, 11) is -3.44. The van der Waals surface area contributed by atoms with Crippen LogP contribution >= 0.6 is 11.6 Å². The van der Waals surface area contributed by atoms with Gasteiger partial charge in [0.25, 0.3) is 0 Å². The Balaban J connectivity index is 2.00. The van der Waals surface area contributed by atoms with Crippen LogP contribution in [-0.4, -0.2) is 20.5 Å². The molecule has 0 aromatic heterocycles. The first-order valence-electron chi connectivity index (χ1n) is 8.12. The molecular formula is C18H22ClN3O3S. The maximum absolute atomic E-state index is 12.2. The number of anilines is 1. The second kappa shape index (κ2) is 9.02. The Bertz CT molecular complexity index is 869. The van der Waals surface area contributed by atoms with Crippen molar-refractivity contribution < 1.29 is 13.2 Å². The molecule has 3 N–H and O–H groups in total. The van der Waals surface area contributed by atoms with Gasteiger partial charge in [0, 0.05) is 23.3 Å². The van der Waals surface area contributed by atoms with E-state index in [9.17, 15) is 13.2 Å². The van der Waals surface area contributed by atoms with Crippen LogP contribution in [0, 0.1) is 0 Å². The average Bonchev–Trinajstić information content (AvgIpc) is 2.52. The highest BCUT2D eigenvalue weighted by Gasteiger charge is 2.15. The van der Waals surface area contributed by atoms with Crippen LogP contribution in [0.1, 0.15) is 25.0 Å². The van der Waals surface area contributed by atoms with Gasteiger partial charge in [-0.1, -0.05) is 41.9 Å². The molecule has 0 saturated heterocycles. The Labute approximate surface area is 159 Å². The Morgan fingerprint density at radius 2 is 1.77 bits per heavy atom. The molecule has 6 nitrogen and oxygen atoms in total. The number of nitrogens with one attached hydrogen (secondary N) is 3. The summed E-state index contributed by atoms with van der Waals surface area (Å²) in [5, 5.41) is 5.93. The highest BCUT2D eigenvalue weighted by Crippen LogP contribution is 2.15. The van der Waals surface area contributed by atoms with Gasteiger partial charge in [0.1, 0.15) is 0 Å². The summed E-state index contributed by atoms with van der Waals surface area (Å²) >= 11 is 5.88. The fourth-order valence-electron chi connectivity index (χ4n) is 2.39. The van der Waals surface area contributed by atoms with E-state index in [1.807, 2.05) is 0 Å². The monoisotopic (exact) mass is 395 g/mol. The van der Waals surface area contributed by atoms with Crippen LogP contribution in [0.2, 0.25) is 5.02 Å². The maximum atomic E-state index is 12.2. The molecule has 0 fully saturated rings. The number of amides is 2. The number of carbonyl (C=O) groups is 1. The topological polar surface area (TPSA) is 87.3 Å². The van der Waals surface area contributed by atoms with Gasteiger partial charge in [0.15, 0.2) is 0 Å². The zero-order valence-electron chi connectivity index (χ0n) is 14.6. The average molecular weight is 396 g/mol. The molecule has 0 saturated carbocycles. The smallest absolute Gasteiger partial charge is 0.319 e. The number of halogens is 1. The minimum atomic E-state index is -3.44.